The maximum Gasteiger partial charge on any atom is 0.291 e. The average Bonchev–Trinajstić information content (AvgIpc) is 3.00. The van der Waals surface area contributed by atoms with Crippen LogP contribution in [0.4, 0.5) is 5.69 Å². The van der Waals surface area contributed by atoms with Crippen molar-refractivity contribution in [2.75, 3.05) is 18.4 Å². The van der Waals surface area contributed by atoms with Crippen LogP contribution in [0.25, 0.3) is 0 Å². The van der Waals surface area contributed by atoms with Crippen molar-refractivity contribution < 1.29 is 14.0 Å². The van der Waals surface area contributed by atoms with Crippen LogP contribution in [0.1, 0.15) is 34.8 Å². The van der Waals surface area contributed by atoms with E-state index in [0.29, 0.717) is 22.5 Å². The van der Waals surface area contributed by atoms with Gasteiger partial charge in [0.2, 0.25) is 0 Å². The highest BCUT2D eigenvalue weighted by atomic mass is 79.9. The maximum absolute atomic E-state index is 12.2. The van der Waals surface area contributed by atoms with E-state index in [2.05, 4.69) is 31.9 Å². The molecule has 0 fully saturated rings. The van der Waals surface area contributed by atoms with Gasteiger partial charge in [-0.15, -0.1) is 0 Å². The monoisotopic (exact) mass is 393 g/mol. The summed E-state index contributed by atoms with van der Waals surface area (Å²) in [4.78, 5) is 24.2. The molecule has 1 heterocycles. The molecule has 24 heavy (non-hydrogen) atoms. The van der Waals surface area contributed by atoms with E-state index in [-0.39, 0.29) is 23.6 Å². The van der Waals surface area contributed by atoms with Gasteiger partial charge in [0.05, 0.1) is 0 Å². The van der Waals surface area contributed by atoms with E-state index >= 15 is 0 Å². The Balaban J connectivity index is 1.98. The normalized spacial score (nSPS) is 11.8. The summed E-state index contributed by atoms with van der Waals surface area (Å²) in [7, 11) is 0. The van der Waals surface area contributed by atoms with Gasteiger partial charge in [0, 0.05) is 23.8 Å². The van der Waals surface area contributed by atoms with Gasteiger partial charge in [-0.1, -0.05) is 13.0 Å². The summed E-state index contributed by atoms with van der Waals surface area (Å²) in [5.41, 5.74) is 1.01. The van der Waals surface area contributed by atoms with E-state index in [1.807, 2.05) is 13.8 Å². The molecule has 0 aliphatic carbocycles. The highest BCUT2D eigenvalue weighted by molar-refractivity contribution is 9.10. The van der Waals surface area contributed by atoms with Crippen LogP contribution in [0, 0.1) is 0 Å². The Bertz CT molecular complexity index is 715. The van der Waals surface area contributed by atoms with Gasteiger partial charge in [-0.05, 0) is 59.7 Å². The number of hydrogen-bond acceptors (Lipinski definition) is 4. The summed E-state index contributed by atoms with van der Waals surface area (Å²) >= 11 is 3.15. The molecule has 2 amide bonds. The van der Waals surface area contributed by atoms with Crippen molar-refractivity contribution >= 4 is 33.4 Å². The standard InChI is InChI=1S/C17H20BrN3O3/c1-3-19-11(2)10-20-16(22)12-5-4-6-13(9-12)21-17(23)14-7-8-15(18)24-14/h4-9,11,19H,3,10H2,1-2H3,(H,20,22)(H,21,23)/t11-/m1/s1. The van der Waals surface area contributed by atoms with Crippen LogP contribution in [0.15, 0.2) is 45.5 Å². The molecule has 1 aromatic heterocycles. The van der Waals surface area contributed by atoms with E-state index in [9.17, 15) is 9.59 Å². The lowest BCUT2D eigenvalue weighted by Gasteiger charge is -2.13. The van der Waals surface area contributed by atoms with Crippen LogP contribution in [-0.2, 0) is 0 Å². The molecule has 128 valence electrons. The molecule has 1 atom stereocenters. The van der Waals surface area contributed by atoms with Gasteiger partial charge in [0.1, 0.15) is 0 Å². The zero-order valence-electron chi connectivity index (χ0n) is 13.6. The van der Waals surface area contributed by atoms with Crippen molar-refractivity contribution in [2.45, 2.75) is 19.9 Å². The first-order valence-corrected chi connectivity index (χ1v) is 8.47. The molecule has 0 radical (unpaired) electrons. The van der Waals surface area contributed by atoms with Crippen LogP contribution in [0.5, 0.6) is 0 Å². The van der Waals surface area contributed by atoms with Crippen LogP contribution in [0.3, 0.4) is 0 Å². The number of halogens is 1. The zero-order chi connectivity index (χ0) is 17.5. The lowest BCUT2D eigenvalue weighted by Crippen LogP contribution is -2.38. The van der Waals surface area contributed by atoms with E-state index in [1.54, 1.807) is 36.4 Å². The molecule has 0 unspecified atom stereocenters. The molecule has 0 saturated heterocycles. The zero-order valence-corrected chi connectivity index (χ0v) is 15.1. The molecular formula is C17H20BrN3O3. The first-order chi connectivity index (χ1) is 11.5. The fraction of sp³-hybridized carbons (Fsp3) is 0.294. The summed E-state index contributed by atoms with van der Waals surface area (Å²) in [5.74, 6) is -0.369. The van der Waals surface area contributed by atoms with Crippen LogP contribution < -0.4 is 16.0 Å². The Morgan fingerprint density at radius 1 is 1.21 bits per heavy atom. The lowest BCUT2D eigenvalue weighted by atomic mass is 10.2. The number of furan rings is 1. The van der Waals surface area contributed by atoms with Gasteiger partial charge < -0.3 is 20.4 Å². The number of hydrogen-bond donors (Lipinski definition) is 3. The van der Waals surface area contributed by atoms with Gasteiger partial charge >= 0.3 is 0 Å². The van der Waals surface area contributed by atoms with Crippen molar-refractivity contribution in [3.63, 3.8) is 0 Å². The molecule has 2 rings (SSSR count). The Labute approximate surface area is 149 Å². The Kier molecular flexibility index (Phi) is 6.57. The molecule has 0 bridgehead atoms. The first-order valence-electron chi connectivity index (χ1n) is 7.68. The third kappa shape index (κ3) is 5.21. The van der Waals surface area contributed by atoms with Crippen molar-refractivity contribution in [1.82, 2.24) is 10.6 Å². The molecule has 3 N–H and O–H groups in total. The molecule has 6 nitrogen and oxygen atoms in total. The highest BCUT2D eigenvalue weighted by Gasteiger charge is 2.12. The molecule has 0 aliphatic heterocycles. The number of nitrogens with one attached hydrogen (secondary N) is 3. The SMILES string of the molecule is CCN[C@H](C)CNC(=O)c1cccc(NC(=O)c2ccc(Br)o2)c1. The predicted molar refractivity (Wildman–Crippen MR) is 96.3 cm³/mol. The number of carbonyl (C=O) groups excluding carboxylic acids is 2. The topological polar surface area (TPSA) is 83.4 Å². The summed E-state index contributed by atoms with van der Waals surface area (Å²) in [6.45, 7) is 5.40. The van der Waals surface area contributed by atoms with E-state index in [0.717, 1.165) is 6.54 Å². The van der Waals surface area contributed by atoms with Gasteiger partial charge in [-0.2, -0.15) is 0 Å². The minimum absolute atomic E-state index is 0.184. The molecule has 7 heteroatoms. The molecule has 1 aromatic carbocycles. The molecular weight excluding hydrogens is 374 g/mol. The summed E-state index contributed by atoms with van der Waals surface area (Å²) in [5, 5.41) is 8.79. The van der Waals surface area contributed by atoms with E-state index in [1.165, 1.54) is 0 Å². The minimum Gasteiger partial charge on any atom is -0.444 e. The number of anilines is 1. The first kappa shape index (κ1) is 18.2. The van der Waals surface area contributed by atoms with Crippen molar-refractivity contribution in [1.29, 1.82) is 0 Å². The minimum atomic E-state index is -0.376. The number of rotatable bonds is 7. The van der Waals surface area contributed by atoms with E-state index in [4.69, 9.17) is 4.42 Å². The summed E-state index contributed by atoms with van der Waals surface area (Å²) in [6, 6.07) is 10.2. The predicted octanol–water partition coefficient (Wildman–Crippen LogP) is 3.02. The van der Waals surface area contributed by atoms with Gasteiger partial charge in [0.25, 0.3) is 11.8 Å². The second-order valence-electron chi connectivity index (χ2n) is 5.31. The smallest absolute Gasteiger partial charge is 0.291 e. The molecule has 0 spiro atoms. The number of amides is 2. The second kappa shape index (κ2) is 8.65. The number of carbonyl (C=O) groups is 2. The Morgan fingerprint density at radius 3 is 2.67 bits per heavy atom. The van der Waals surface area contributed by atoms with E-state index < -0.39 is 0 Å². The molecule has 2 aromatic rings. The third-order valence-corrected chi connectivity index (χ3v) is 3.73. The molecule has 0 aliphatic rings. The summed E-state index contributed by atoms with van der Waals surface area (Å²) in [6.07, 6.45) is 0. The van der Waals surface area contributed by atoms with Crippen molar-refractivity contribution in [3.8, 4) is 0 Å². The largest absolute Gasteiger partial charge is 0.444 e. The van der Waals surface area contributed by atoms with Gasteiger partial charge in [-0.3, -0.25) is 9.59 Å². The number of likely N-dealkylation sites (N-methyl/N-ethyl adjacent to an activating group) is 1. The average molecular weight is 394 g/mol. The third-order valence-electron chi connectivity index (χ3n) is 3.30. The van der Waals surface area contributed by atoms with Crippen molar-refractivity contribution in [2.24, 2.45) is 0 Å². The Morgan fingerprint density at radius 2 is 2.00 bits per heavy atom. The fourth-order valence-electron chi connectivity index (χ4n) is 2.14. The van der Waals surface area contributed by atoms with Gasteiger partial charge in [-0.25, -0.2) is 0 Å². The maximum atomic E-state index is 12.2. The molecule has 0 saturated carbocycles. The van der Waals surface area contributed by atoms with Crippen LogP contribution in [0.2, 0.25) is 0 Å². The quantitative estimate of drug-likeness (QED) is 0.674. The second-order valence-corrected chi connectivity index (χ2v) is 6.09. The van der Waals surface area contributed by atoms with Crippen LogP contribution >= 0.6 is 15.9 Å². The Hall–Kier alpha value is -2.12. The highest BCUT2D eigenvalue weighted by Crippen LogP contribution is 2.17. The van der Waals surface area contributed by atoms with Crippen molar-refractivity contribution in [3.05, 3.63) is 52.4 Å². The number of benzene rings is 1. The lowest BCUT2D eigenvalue weighted by molar-refractivity contribution is 0.0948. The fourth-order valence-corrected chi connectivity index (χ4v) is 2.44. The summed E-state index contributed by atoms with van der Waals surface area (Å²) < 4.78 is 5.68. The van der Waals surface area contributed by atoms with Gasteiger partial charge in [0.15, 0.2) is 10.4 Å². The van der Waals surface area contributed by atoms with Crippen LogP contribution in [-0.4, -0.2) is 30.9 Å².